The monoisotopic (exact) mass is 472 g/mol. The van der Waals surface area contributed by atoms with Crippen LogP contribution in [0.4, 0.5) is 0 Å². The Kier molecular flexibility index (Phi) is 4.94. The predicted molar refractivity (Wildman–Crippen MR) is 132 cm³/mol. The molecule has 0 amide bonds. The van der Waals surface area contributed by atoms with Gasteiger partial charge in [0.05, 0.1) is 16.6 Å². The van der Waals surface area contributed by atoms with E-state index in [1.807, 2.05) is 38.4 Å². The molecule has 0 saturated heterocycles. The van der Waals surface area contributed by atoms with Crippen molar-refractivity contribution >= 4 is 16.7 Å². The lowest BCUT2D eigenvalue weighted by atomic mass is 9.86. The first-order chi connectivity index (χ1) is 16.6. The molecule has 0 radical (unpaired) electrons. The Labute approximate surface area is 205 Å². The third kappa shape index (κ3) is 3.96. The number of carbonyl (C=O) groups is 1. The quantitative estimate of drug-likeness (QED) is 0.515. The number of cyclic esters (lactones) is 1. The van der Waals surface area contributed by atoms with Gasteiger partial charge in [0.1, 0.15) is 11.7 Å². The van der Waals surface area contributed by atoms with Gasteiger partial charge >= 0.3 is 5.97 Å². The van der Waals surface area contributed by atoms with Crippen LogP contribution >= 0.6 is 0 Å². The Balaban J connectivity index is 1.40. The van der Waals surface area contributed by atoms with Crippen molar-refractivity contribution < 1.29 is 14.3 Å². The SMILES string of the molecule is C[C@@H]1OC(=O)c2ccc(Cc3cc4c([C@](C)(N)C5CC5)cnc(OC5(C)CC5)c4cn3)nc2[C@@H]1C. The number of esters is 1. The molecule has 3 aromatic rings. The molecule has 35 heavy (non-hydrogen) atoms. The number of nitrogens with zero attached hydrogens (tertiary/aromatic N) is 3. The molecule has 2 fully saturated rings. The van der Waals surface area contributed by atoms with Crippen molar-refractivity contribution in [1.82, 2.24) is 15.0 Å². The molecule has 2 N–H and O–H groups in total. The van der Waals surface area contributed by atoms with Crippen LogP contribution < -0.4 is 10.5 Å². The molecule has 0 spiro atoms. The minimum absolute atomic E-state index is 0.0462. The maximum absolute atomic E-state index is 12.3. The Morgan fingerprint density at radius 2 is 1.91 bits per heavy atom. The molecule has 7 nitrogen and oxygen atoms in total. The molecule has 1 aliphatic heterocycles. The third-order valence-electron chi connectivity index (χ3n) is 8.09. The number of rotatable bonds is 6. The Hall–Kier alpha value is -3.06. The maximum atomic E-state index is 12.3. The molecule has 7 heteroatoms. The number of hydrogen-bond donors (Lipinski definition) is 1. The summed E-state index contributed by atoms with van der Waals surface area (Å²) in [6, 6.07) is 5.83. The van der Waals surface area contributed by atoms with Crippen LogP contribution in [0.5, 0.6) is 5.88 Å². The molecule has 6 rings (SSSR count). The lowest BCUT2D eigenvalue weighted by Crippen LogP contribution is -2.35. The van der Waals surface area contributed by atoms with E-state index in [0.717, 1.165) is 59.1 Å². The van der Waals surface area contributed by atoms with Crippen molar-refractivity contribution in [3.05, 3.63) is 58.8 Å². The second kappa shape index (κ2) is 7.72. The zero-order valence-electron chi connectivity index (χ0n) is 20.8. The summed E-state index contributed by atoms with van der Waals surface area (Å²) in [6.45, 7) is 8.18. The lowest BCUT2D eigenvalue weighted by molar-refractivity contribution is 0.0234. The Morgan fingerprint density at radius 1 is 1.14 bits per heavy atom. The highest BCUT2D eigenvalue weighted by Crippen LogP contribution is 2.47. The smallest absolute Gasteiger partial charge is 0.340 e. The van der Waals surface area contributed by atoms with Crippen LogP contribution in [0.15, 0.2) is 30.6 Å². The number of ether oxygens (including phenoxy) is 2. The molecular formula is C28H32N4O3. The first-order valence-corrected chi connectivity index (χ1v) is 12.6. The minimum atomic E-state index is -0.456. The summed E-state index contributed by atoms with van der Waals surface area (Å²) in [6.07, 6.45) is 8.48. The van der Waals surface area contributed by atoms with Crippen molar-refractivity contribution in [3.63, 3.8) is 0 Å². The molecule has 3 atom stereocenters. The van der Waals surface area contributed by atoms with Gasteiger partial charge in [-0.3, -0.25) is 9.97 Å². The molecule has 2 aliphatic carbocycles. The van der Waals surface area contributed by atoms with Gasteiger partial charge in [-0.25, -0.2) is 9.78 Å². The number of pyridine rings is 3. The molecule has 4 heterocycles. The average Bonchev–Trinajstić information content (AvgIpc) is 3.74. The van der Waals surface area contributed by atoms with E-state index in [9.17, 15) is 4.79 Å². The van der Waals surface area contributed by atoms with E-state index in [-0.39, 0.29) is 23.6 Å². The molecule has 3 aromatic heterocycles. The van der Waals surface area contributed by atoms with E-state index >= 15 is 0 Å². The summed E-state index contributed by atoms with van der Waals surface area (Å²) in [7, 11) is 0. The molecule has 3 aliphatic rings. The molecular weight excluding hydrogens is 440 g/mol. The number of nitrogens with two attached hydrogens (primary N) is 1. The highest BCUT2D eigenvalue weighted by molar-refractivity contribution is 5.92. The number of aromatic nitrogens is 3. The minimum Gasteiger partial charge on any atom is -0.471 e. The largest absolute Gasteiger partial charge is 0.471 e. The highest BCUT2D eigenvalue weighted by atomic mass is 16.5. The summed E-state index contributed by atoms with van der Waals surface area (Å²) in [5, 5.41) is 1.95. The zero-order chi connectivity index (χ0) is 24.5. The summed E-state index contributed by atoms with van der Waals surface area (Å²) in [4.78, 5) is 26.6. The Bertz CT molecular complexity index is 1340. The van der Waals surface area contributed by atoms with E-state index in [2.05, 4.69) is 19.9 Å². The van der Waals surface area contributed by atoms with Gasteiger partial charge in [0.25, 0.3) is 0 Å². The van der Waals surface area contributed by atoms with E-state index in [1.54, 1.807) is 0 Å². The van der Waals surface area contributed by atoms with Crippen LogP contribution in [0.1, 0.15) is 92.3 Å². The lowest BCUT2D eigenvalue weighted by Gasteiger charge is -2.27. The van der Waals surface area contributed by atoms with E-state index in [4.69, 9.17) is 30.2 Å². The highest BCUT2D eigenvalue weighted by Gasteiger charge is 2.43. The van der Waals surface area contributed by atoms with Gasteiger partial charge in [-0.2, -0.15) is 0 Å². The number of fused-ring (bicyclic) bond motifs is 2. The van der Waals surface area contributed by atoms with E-state index in [0.29, 0.717) is 23.8 Å². The normalized spacial score (nSPS) is 24.4. The summed E-state index contributed by atoms with van der Waals surface area (Å²) in [5.74, 6) is 0.833. The fourth-order valence-electron chi connectivity index (χ4n) is 5.05. The first-order valence-electron chi connectivity index (χ1n) is 12.6. The second-order valence-electron chi connectivity index (χ2n) is 11.1. The van der Waals surface area contributed by atoms with Crippen LogP contribution in [-0.2, 0) is 16.7 Å². The second-order valence-corrected chi connectivity index (χ2v) is 11.1. The molecule has 2 saturated carbocycles. The van der Waals surface area contributed by atoms with Crippen LogP contribution in [0.25, 0.3) is 10.8 Å². The average molecular weight is 473 g/mol. The van der Waals surface area contributed by atoms with Crippen molar-refractivity contribution in [3.8, 4) is 5.88 Å². The molecule has 0 unspecified atom stereocenters. The van der Waals surface area contributed by atoms with E-state index < -0.39 is 5.54 Å². The van der Waals surface area contributed by atoms with Gasteiger partial charge in [-0.15, -0.1) is 0 Å². The summed E-state index contributed by atoms with van der Waals surface area (Å²) >= 11 is 0. The van der Waals surface area contributed by atoms with Crippen LogP contribution in [0.3, 0.4) is 0 Å². The standard InChI is InChI=1S/C28H32N4O3/c1-15-16(2)34-26(33)20-8-7-18(32-24(15)20)11-19-12-21-22(13-30-19)25(35-27(3)9-10-27)31-14-23(21)28(4,29)17-5-6-17/h7-8,12-17H,5-6,9-11,29H2,1-4H3/t15-,16+,28-/m1/s1. The number of hydrogen-bond acceptors (Lipinski definition) is 7. The third-order valence-corrected chi connectivity index (χ3v) is 8.09. The first kappa shape index (κ1) is 22.4. The van der Waals surface area contributed by atoms with Gasteiger partial charge in [0, 0.05) is 41.7 Å². The number of carbonyl (C=O) groups excluding carboxylic acids is 1. The summed E-state index contributed by atoms with van der Waals surface area (Å²) in [5.41, 5.74) is 10.4. The van der Waals surface area contributed by atoms with Crippen LogP contribution in [-0.4, -0.2) is 32.6 Å². The van der Waals surface area contributed by atoms with Gasteiger partial charge in [0.2, 0.25) is 5.88 Å². The van der Waals surface area contributed by atoms with Crippen LogP contribution in [0, 0.1) is 5.92 Å². The van der Waals surface area contributed by atoms with Crippen molar-refractivity contribution in [1.29, 1.82) is 0 Å². The Morgan fingerprint density at radius 3 is 2.63 bits per heavy atom. The maximum Gasteiger partial charge on any atom is 0.340 e. The summed E-state index contributed by atoms with van der Waals surface area (Å²) < 4.78 is 11.7. The van der Waals surface area contributed by atoms with Crippen molar-refractivity contribution in [2.24, 2.45) is 11.7 Å². The fourth-order valence-corrected chi connectivity index (χ4v) is 5.05. The van der Waals surface area contributed by atoms with Gasteiger partial charge in [-0.1, -0.05) is 6.92 Å². The van der Waals surface area contributed by atoms with Crippen molar-refractivity contribution in [2.75, 3.05) is 0 Å². The van der Waals surface area contributed by atoms with E-state index in [1.165, 1.54) is 0 Å². The van der Waals surface area contributed by atoms with Gasteiger partial charge in [-0.05, 0) is 81.5 Å². The molecule has 0 aromatic carbocycles. The zero-order valence-corrected chi connectivity index (χ0v) is 20.8. The fraction of sp³-hybridized carbons (Fsp3) is 0.500. The molecule has 182 valence electrons. The predicted octanol–water partition coefficient (Wildman–Crippen LogP) is 4.79. The molecule has 0 bridgehead atoms. The van der Waals surface area contributed by atoms with Crippen molar-refractivity contribution in [2.45, 2.75) is 83.0 Å². The van der Waals surface area contributed by atoms with Gasteiger partial charge in [0.15, 0.2) is 0 Å². The topological polar surface area (TPSA) is 100 Å². The van der Waals surface area contributed by atoms with Gasteiger partial charge < -0.3 is 15.2 Å². The van der Waals surface area contributed by atoms with Crippen LogP contribution in [0.2, 0.25) is 0 Å².